The van der Waals surface area contributed by atoms with Crippen LogP contribution in [-0.2, 0) is 0 Å². The summed E-state index contributed by atoms with van der Waals surface area (Å²) in [6, 6.07) is 7.23. The fourth-order valence-corrected chi connectivity index (χ4v) is 4.92. The molecule has 0 unspecified atom stereocenters. The molecule has 4 bridgehead atoms. The molecule has 0 atom stereocenters. The lowest BCUT2D eigenvalue weighted by Crippen LogP contribution is -2.53. The van der Waals surface area contributed by atoms with Gasteiger partial charge in [-0.1, -0.05) is 0 Å². The molecule has 4 aliphatic carbocycles. The summed E-state index contributed by atoms with van der Waals surface area (Å²) in [5.74, 6) is 3.97. The van der Waals surface area contributed by atoms with Gasteiger partial charge in [0, 0.05) is 0 Å². The first-order chi connectivity index (χ1) is 8.71. The second kappa shape index (κ2) is 3.66. The molecule has 2 heteroatoms. The van der Waals surface area contributed by atoms with E-state index in [4.69, 9.17) is 4.74 Å². The van der Waals surface area contributed by atoms with Crippen molar-refractivity contribution in [1.29, 1.82) is 0 Å². The second-order valence-corrected chi connectivity index (χ2v) is 6.70. The van der Waals surface area contributed by atoms with E-state index in [1.165, 1.54) is 38.5 Å². The van der Waals surface area contributed by atoms with E-state index in [9.17, 15) is 5.11 Å². The van der Waals surface area contributed by atoms with Crippen LogP contribution in [0.3, 0.4) is 0 Å². The van der Waals surface area contributed by atoms with E-state index >= 15 is 0 Å². The first-order valence-electron chi connectivity index (χ1n) is 7.19. The van der Waals surface area contributed by atoms with E-state index in [0.717, 1.165) is 23.5 Å². The number of phenols is 1. The Morgan fingerprint density at radius 2 is 1.39 bits per heavy atom. The van der Waals surface area contributed by atoms with Gasteiger partial charge in [-0.15, -0.1) is 0 Å². The third-order valence-electron chi connectivity index (χ3n) is 5.15. The molecule has 0 heterocycles. The zero-order valence-corrected chi connectivity index (χ0v) is 10.6. The molecular weight excluding hydrogens is 224 g/mol. The number of hydrogen-bond donors (Lipinski definition) is 1. The Labute approximate surface area is 108 Å². The first-order valence-corrected chi connectivity index (χ1v) is 7.19. The lowest BCUT2D eigenvalue weighted by atomic mass is 9.54. The molecule has 0 amide bonds. The minimum Gasteiger partial charge on any atom is -0.508 e. The van der Waals surface area contributed by atoms with Crippen molar-refractivity contribution in [3.8, 4) is 11.5 Å². The van der Waals surface area contributed by atoms with Gasteiger partial charge in [-0.25, -0.2) is 0 Å². The minimum absolute atomic E-state index is 0.117. The molecule has 1 N–H and O–H groups in total. The van der Waals surface area contributed by atoms with Gasteiger partial charge in [-0.2, -0.15) is 0 Å². The number of rotatable bonds is 2. The van der Waals surface area contributed by atoms with Crippen molar-refractivity contribution in [1.82, 2.24) is 0 Å². The van der Waals surface area contributed by atoms with Gasteiger partial charge >= 0.3 is 0 Å². The fraction of sp³-hybridized carbons (Fsp3) is 0.625. The van der Waals surface area contributed by atoms with E-state index in [2.05, 4.69) is 0 Å². The van der Waals surface area contributed by atoms with Gasteiger partial charge < -0.3 is 9.84 Å². The molecule has 2 nitrogen and oxygen atoms in total. The normalized spacial score (nSPS) is 41.0. The summed E-state index contributed by atoms with van der Waals surface area (Å²) in [6.45, 7) is 0. The Hall–Kier alpha value is -1.18. The average molecular weight is 244 g/mol. The van der Waals surface area contributed by atoms with E-state index in [1.54, 1.807) is 12.1 Å². The SMILES string of the molecule is Oc1ccc(OC23CC4CC(CC(C4)C2)C3)cc1. The van der Waals surface area contributed by atoms with Gasteiger partial charge in [0.05, 0.1) is 0 Å². The maximum atomic E-state index is 9.33. The van der Waals surface area contributed by atoms with E-state index < -0.39 is 0 Å². The molecule has 0 spiro atoms. The zero-order valence-electron chi connectivity index (χ0n) is 10.6. The van der Waals surface area contributed by atoms with Crippen LogP contribution >= 0.6 is 0 Å². The Balaban J connectivity index is 1.58. The highest BCUT2D eigenvalue weighted by Crippen LogP contribution is 2.57. The van der Waals surface area contributed by atoms with E-state index in [-0.39, 0.29) is 5.60 Å². The molecule has 5 rings (SSSR count). The number of aromatic hydroxyl groups is 1. The van der Waals surface area contributed by atoms with Crippen LogP contribution in [0.4, 0.5) is 0 Å². The zero-order chi connectivity index (χ0) is 12.2. The lowest BCUT2D eigenvalue weighted by Gasteiger charge is -2.56. The van der Waals surface area contributed by atoms with Gasteiger partial charge in [0.25, 0.3) is 0 Å². The Morgan fingerprint density at radius 3 is 1.89 bits per heavy atom. The van der Waals surface area contributed by atoms with Crippen LogP contribution in [0.15, 0.2) is 24.3 Å². The molecule has 96 valence electrons. The van der Waals surface area contributed by atoms with Gasteiger partial charge in [0.15, 0.2) is 0 Å². The van der Waals surface area contributed by atoms with Crippen LogP contribution in [0.5, 0.6) is 11.5 Å². The van der Waals surface area contributed by atoms with Gasteiger partial charge in [0.2, 0.25) is 0 Å². The quantitative estimate of drug-likeness (QED) is 0.858. The van der Waals surface area contributed by atoms with Gasteiger partial charge in [0.1, 0.15) is 17.1 Å². The van der Waals surface area contributed by atoms with Crippen molar-refractivity contribution in [3.63, 3.8) is 0 Å². The van der Waals surface area contributed by atoms with Crippen LogP contribution in [0.2, 0.25) is 0 Å². The summed E-state index contributed by atoms with van der Waals surface area (Å²) in [5.41, 5.74) is 0.117. The average Bonchev–Trinajstić information content (AvgIpc) is 2.30. The fourth-order valence-electron chi connectivity index (χ4n) is 4.92. The highest BCUT2D eigenvalue weighted by molar-refractivity contribution is 5.31. The second-order valence-electron chi connectivity index (χ2n) is 6.70. The van der Waals surface area contributed by atoms with Crippen molar-refractivity contribution < 1.29 is 9.84 Å². The number of hydrogen-bond acceptors (Lipinski definition) is 2. The molecular formula is C16H20O2. The highest BCUT2D eigenvalue weighted by Gasteiger charge is 2.52. The van der Waals surface area contributed by atoms with E-state index in [1.807, 2.05) is 12.1 Å². The van der Waals surface area contributed by atoms with Gasteiger partial charge in [-0.05, 0) is 80.5 Å². The molecule has 0 aliphatic heterocycles. The molecule has 4 fully saturated rings. The van der Waals surface area contributed by atoms with Gasteiger partial charge in [-0.3, -0.25) is 0 Å². The standard InChI is InChI=1S/C16H20O2/c17-14-1-3-15(4-2-14)18-16-8-11-5-12(9-16)7-13(6-11)10-16/h1-4,11-13,17H,5-10H2. The van der Waals surface area contributed by atoms with Crippen LogP contribution in [0.1, 0.15) is 38.5 Å². The predicted octanol–water partition coefficient (Wildman–Crippen LogP) is 3.74. The van der Waals surface area contributed by atoms with Crippen LogP contribution < -0.4 is 4.74 Å². The van der Waals surface area contributed by atoms with Crippen molar-refractivity contribution in [3.05, 3.63) is 24.3 Å². The lowest BCUT2D eigenvalue weighted by molar-refractivity contribution is -0.107. The molecule has 4 saturated carbocycles. The maximum Gasteiger partial charge on any atom is 0.120 e. The molecule has 1 aromatic rings. The predicted molar refractivity (Wildman–Crippen MR) is 69.6 cm³/mol. The number of benzene rings is 1. The summed E-state index contributed by atoms with van der Waals surface area (Å²) in [4.78, 5) is 0. The Morgan fingerprint density at radius 1 is 0.889 bits per heavy atom. The molecule has 0 radical (unpaired) electrons. The van der Waals surface area contributed by atoms with Crippen molar-refractivity contribution in [2.45, 2.75) is 44.1 Å². The smallest absolute Gasteiger partial charge is 0.120 e. The molecule has 0 aromatic heterocycles. The monoisotopic (exact) mass is 244 g/mol. The Kier molecular flexibility index (Phi) is 2.18. The topological polar surface area (TPSA) is 29.5 Å². The molecule has 0 saturated heterocycles. The maximum absolute atomic E-state index is 9.33. The first kappa shape index (κ1) is 10.7. The van der Waals surface area contributed by atoms with Crippen molar-refractivity contribution >= 4 is 0 Å². The Bertz CT molecular complexity index is 413. The number of phenolic OH excluding ortho intramolecular Hbond substituents is 1. The molecule has 1 aromatic carbocycles. The van der Waals surface area contributed by atoms with Crippen molar-refractivity contribution in [2.75, 3.05) is 0 Å². The summed E-state index contributed by atoms with van der Waals surface area (Å²) in [6.07, 6.45) is 8.08. The third-order valence-corrected chi connectivity index (χ3v) is 5.15. The highest BCUT2D eigenvalue weighted by atomic mass is 16.5. The number of ether oxygens (including phenoxy) is 1. The van der Waals surface area contributed by atoms with E-state index in [0.29, 0.717) is 5.75 Å². The molecule has 4 aliphatic rings. The third kappa shape index (κ3) is 1.70. The summed E-state index contributed by atoms with van der Waals surface area (Å²) >= 11 is 0. The van der Waals surface area contributed by atoms with Crippen LogP contribution in [0.25, 0.3) is 0 Å². The summed E-state index contributed by atoms with van der Waals surface area (Å²) < 4.78 is 6.36. The summed E-state index contributed by atoms with van der Waals surface area (Å²) in [5, 5.41) is 9.33. The minimum atomic E-state index is 0.117. The largest absolute Gasteiger partial charge is 0.508 e. The van der Waals surface area contributed by atoms with Crippen LogP contribution in [0, 0.1) is 17.8 Å². The summed E-state index contributed by atoms with van der Waals surface area (Å²) in [7, 11) is 0. The molecule has 18 heavy (non-hydrogen) atoms. The van der Waals surface area contributed by atoms with Crippen LogP contribution in [-0.4, -0.2) is 10.7 Å². The van der Waals surface area contributed by atoms with Crippen molar-refractivity contribution in [2.24, 2.45) is 17.8 Å².